The fraction of sp³-hybridized carbons (Fsp3) is 0.333. The topological polar surface area (TPSA) is 118 Å². The highest BCUT2D eigenvalue weighted by molar-refractivity contribution is 7.16. The molecule has 1 aromatic carbocycles. The number of aromatic nitrogens is 1. The number of nitrogens with zero attached hydrogens (tertiary/aromatic N) is 3. The number of fused-ring (bicyclic) bond motifs is 1. The van der Waals surface area contributed by atoms with Gasteiger partial charge in [0.25, 0.3) is 0 Å². The molecule has 0 saturated heterocycles. The molecule has 1 atom stereocenters. The maximum Gasteiger partial charge on any atom is 0.416 e. The molecule has 176 valence electrons. The smallest absolute Gasteiger partial charge is 0.416 e. The molecule has 1 unspecified atom stereocenters. The molecule has 1 aliphatic carbocycles. The Bertz CT molecular complexity index is 1210. The number of hydrogen-bond donors (Lipinski definition) is 1. The van der Waals surface area contributed by atoms with Gasteiger partial charge in [0.1, 0.15) is 22.9 Å². The largest absolute Gasteiger partial charge is 0.497 e. The first-order chi connectivity index (χ1) is 16.5. The number of anilines is 2. The van der Waals surface area contributed by atoms with Crippen LogP contribution < -0.4 is 15.0 Å². The number of carbonyl (C=O) groups is 2. The van der Waals surface area contributed by atoms with E-state index in [1.54, 1.807) is 20.2 Å². The van der Waals surface area contributed by atoms with Crippen LogP contribution in [0.1, 0.15) is 34.4 Å². The molecule has 34 heavy (non-hydrogen) atoms. The summed E-state index contributed by atoms with van der Waals surface area (Å²) in [6, 6.07) is 11.4. The van der Waals surface area contributed by atoms with Crippen LogP contribution >= 0.6 is 11.3 Å². The van der Waals surface area contributed by atoms with Crippen LogP contribution in [-0.4, -0.2) is 37.4 Å². The number of ether oxygens (including phenoxy) is 2. The quantitative estimate of drug-likeness (QED) is 0.535. The van der Waals surface area contributed by atoms with E-state index in [-0.39, 0.29) is 18.4 Å². The van der Waals surface area contributed by atoms with E-state index < -0.39 is 6.09 Å². The Morgan fingerprint density at radius 1 is 1.38 bits per heavy atom. The van der Waals surface area contributed by atoms with Crippen LogP contribution in [0.2, 0.25) is 0 Å². The first kappa shape index (κ1) is 23.3. The third-order valence-electron chi connectivity index (χ3n) is 5.66. The molecular formula is C24H24N4O5S. The summed E-state index contributed by atoms with van der Waals surface area (Å²) >= 11 is 1.37. The van der Waals surface area contributed by atoms with E-state index >= 15 is 0 Å². The number of hydrogen-bond acceptors (Lipinski definition) is 8. The maximum absolute atomic E-state index is 12.6. The minimum atomic E-state index is -0.534. The molecule has 0 fully saturated rings. The molecule has 3 aromatic rings. The SMILES string of the molecule is COc1cccc(CCC(=O)Nc2sc3c(c2C#N)CCC(OC(=O)N(C)c2ccno2)C3)c1. The number of nitrogens with one attached hydrogen (secondary N) is 1. The van der Waals surface area contributed by atoms with Crippen molar-refractivity contribution in [3.05, 3.63) is 58.1 Å². The highest BCUT2D eigenvalue weighted by atomic mass is 32.1. The Morgan fingerprint density at radius 2 is 2.24 bits per heavy atom. The van der Waals surface area contributed by atoms with Gasteiger partial charge in [0.2, 0.25) is 11.8 Å². The average Bonchev–Trinajstić information content (AvgIpc) is 3.50. The van der Waals surface area contributed by atoms with Crippen LogP contribution in [0.4, 0.5) is 15.7 Å². The van der Waals surface area contributed by atoms with Crippen LogP contribution in [0.25, 0.3) is 0 Å². The van der Waals surface area contributed by atoms with Crippen LogP contribution in [0.3, 0.4) is 0 Å². The number of methoxy groups -OCH3 is 1. The predicted molar refractivity (Wildman–Crippen MR) is 126 cm³/mol. The standard InChI is InChI=1S/C24H24N4O5S/c1-28(22-10-11-26-33-22)24(30)32-17-7-8-18-19(14-25)23(34-20(18)13-17)27-21(29)9-6-15-4-3-5-16(12-15)31-2/h3-5,10-12,17H,6-9,13H2,1-2H3,(H,27,29). The van der Waals surface area contributed by atoms with E-state index in [0.29, 0.717) is 42.1 Å². The lowest BCUT2D eigenvalue weighted by Gasteiger charge is -2.24. The second kappa shape index (κ2) is 10.4. The number of amides is 2. The molecule has 0 saturated carbocycles. The van der Waals surface area contributed by atoms with E-state index in [1.807, 2.05) is 24.3 Å². The molecule has 2 amide bonds. The van der Waals surface area contributed by atoms with E-state index in [1.165, 1.54) is 22.4 Å². The van der Waals surface area contributed by atoms with Crippen molar-refractivity contribution in [1.82, 2.24) is 5.16 Å². The van der Waals surface area contributed by atoms with Crippen molar-refractivity contribution in [2.24, 2.45) is 0 Å². The van der Waals surface area contributed by atoms with Crippen LogP contribution in [0.15, 0.2) is 41.1 Å². The summed E-state index contributed by atoms with van der Waals surface area (Å²) in [5.74, 6) is 0.885. The summed E-state index contributed by atoms with van der Waals surface area (Å²) in [6.07, 6.45) is 3.12. The second-order valence-corrected chi connectivity index (χ2v) is 8.98. The first-order valence-corrected chi connectivity index (χ1v) is 11.6. The summed E-state index contributed by atoms with van der Waals surface area (Å²) in [7, 11) is 3.16. The minimum Gasteiger partial charge on any atom is -0.497 e. The van der Waals surface area contributed by atoms with Crippen molar-refractivity contribution in [3.63, 3.8) is 0 Å². The number of rotatable bonds is 7. The third-order valence-corrected chi connectivity index (χ3v) is 6.83. The van der Waals surface area contributed by atoms with Gasteiger partial charge in [-0.3, -0.25) is 4.79 Å². The average molecular weight is 481 g/mol. The number of aryl methyl sites for hydroxylation is 1. The Kier molecular flexibility index (Phi) is 7.13. The normalized spacial score (nSPS) is 14.6. The molecule has 0 radical (unpaired) electrons. The molecule has 9 nitrogen and oxygen atoms in total. The molecule has 2 aromatic heterocycles. The van der Waals surface area contributed by atoms with Gasteiger partial charge in [0, 0.05) is 30.8 Å². The van der Waals surface area contributed by atoms with E-state index in [0.717, 1.165) is 21.8 Å². The van der Waals surface area contributed by atoms with Crippen molar-refractivity contribution in [2.45, 2.75) is 38.2 Å². The number of benzene rings is 1. The third kappa shape index (κ3) is 5.21. The predicted octanol–water partition coefficient (Wildman–Crippen LogP) is 4.32. The van der Waals surface area contributed by atoms with Crippen LogP contribution in [-0.2, 0) is 28.8 Å². The highest BCUT2D eigenvalue weighted by Crippen LogP contribution is 2.38. The van der Waals surface area contributed by atoms with Crippen molar-refractivity contribution >= 4 is 34.2 Å². The molecule has 4 rings (SSSR count). The zero-order chi connectivity index (χ0) is 24.1. The van der Waals surface area contributed by atoms with Gasteiger partial charge in [-0.2, -0.15) is 5.26 Å². The van der Waals surface area contributed by atoms with Gasteiger partial charge in [-0.15, -0.1) is 11.3 Å². The fourth-order valence-corrected chi connectivity index (χ4v) is 5.11. The molecule has 1 N–H and O–H groups in total. The van der Waals surface area contributed by atoms with Crippen LogP contribution in [0.5, 0.6) is 5.75 Å². The van der Waals surface area contributed by atoms with Crippen molar-refractivity contribution in [3.8, 4) is 11.8 Å². The zero-order valence-electron chi connectivity index (χ0n) is 18.9. The second-order valence-electron chi connectivity index (χ2n) is 7.88. The van der Waals surface area contributed by atoms with Gasteiger partial charge < -0.3 is 19.3 Å². The van der Waals surface area contributed by atoms with Crippen LogP contribution in [0, 0.1) is 11.3 Å². The summed E-state index contributed by atoms with van der Waals surface area (Å²) in [6.45, 7) is 0. The lowest BCUT2D eigenvalue weighted by molar-refractivity contribution is -0.116. The molecule has 2 heterocycles. The first-order valence-electron chi connectivity index (χ1n) is 10.8. The molecule has 1 aliphatic rings. The molecular weight excluding hydrogens is 456 g/mol. The van der Waals surface area contributed by atoms with Gasteiger partial charge >= 0.3 is 6.09 Å². The van der Waals surface area contributed by atoms with E-state index in [2.05, 4.69) is 16.5 Å². The Balaban J connectivity index is 1.37. The lowest BCUT2D eigenvalue weighted by Crippen LogP contribution is -2.33. The zero-order valence-corrected chi connectivity index (χ0v) is 19.7. The summed E-state index contributed by atoms with van der Waals surface area (Å²) in [5.41, 5.74) is 2.42. The monoisotopic (exact) mass is 480 g/mol. The van der Waals surface area contributed by atoms with Crippen molar-refractivity contribution < 1.29 is 23.6 Å². The van der Waals surface area contributed by atoms with Gasteiger partial charge in [-0.05, 0) is 42.5 Å². The molecule has 10 heteroatoms. The number of nitriles is 1. The maximum atomic E-state index is 12.6. The lowest BCUT2D eigenvalue weighted by atomic mass is 9.94. The Morgan fingerprint density at radius 3 is 2.97 bits per heavy atom. The van der Waals surface area contributed by atoms with Gasteiger partial charge in [-0.1, -0.05) is 17.3 Å². The van der Waals surface area contributed by atoms with Gasteiger partial charge in [0.15, 0.2) is 0 Å². The number of thiophene rings is 1. The van der Waals surface area contributed by atoms with Crippen molar-refractivity contribution in [1.29, 1.82) is 5.26 Å². The summed E-state index contributed by atoms with van der Waals surface area (Å²) in [4.78, 5) is 27.2. The number of carbonyl (C=O) groups excluding carboxylic acids is 2. The summed E-state index contributed by atoms with van der Waals surface area (Å²) < 4.78 is 15.8. The highest BCUT2D eigenvalue weighted by Gasteiger charge is 2.29. The van der Waals surface area contributed by atoms with E-state index in [4.69, 9.17) is 14.0 Å². The van der Waals surface area contributed by atoms with E-state index in [9.17, 15) is 14.9 Å². The molecule has 0 bridgehead atoms. The van der Waals surface area contributed by atoms with Gasteiger partial charge in [-0.25, -0.2) is 9.69 Å². The van der Waals surface area contributed by atoms with Crippen molar-refractivity contribution in [2.75, 3.05) is 24.4 Å². The minimum absolute atomic E-state index is 0.158. The molecule has 0 aliphatic heterocycles. The Labute approximate surface area is 200 Å². The summed E-state index contributed by atoms with van der Waals surface area (Å²) in [5, 5.41) is 16.8. The fourth-order valence-electron chi connectivity index (χ4n) is 3.83. The van der Waals surface area contributed by atoms with Gasteiger partial charge in [0.05, 0.1) is 18.9 Å². The molecule has 0 spiro atoms. The Hall–Kier alpha value is -3.84.